The smallest absolute Gasteiger partial charge is 0.407 e. The number of allylic oxidation sites excluding steroid dienone is 1. The number of alkyl carbamates (subject to hydrolysis) is 1. The van der Waals surface area contributed by atoms with Crippen molar-refractivity contribution in [1.82, 2.24) is 15.1 Å². The van der Waals surface area contributed by atoms with Crippen LogP contribution in [-0.2, 0) is 4.74 Å². The first-order chi connectivity index (χ1) is 12.5. The van der Waals surface area contributed by atoms with Crippen LogP contribution < -0.4 is 5.32 Å². The minimum Gasteiger partial charge on any atom is -0.442 e. The van der Waals surface area contributed by atoms with Crippen LogP contribution in [0, 0.1) is 20.8 Å². The standard InChI is InChI=1S/C21H27N3O2/c1-5-12-22-21(25)26-18-11-10-17(13-18)20-15(3)23-24(16(20)4)19-9-7-6-8-14(19)2/h6-11,17-18H,5,12-13H2,1-4H3,(H,22,25)/t17-,18-/m0/s1. The number of hydrogen-bond donors (Lipinski definition) is 1. The molecule has 2 atom stereocenters. The van der Waals surface area contributed by atoms with Gasteiger partial charge < -0.3 is 10.1 Å². The summed E-state index contributed by atoms with van der Waals surface area (Å²) in [6, 6.07) is 8.26. The van der Waals surface area contributed by atoms with E-state index in [2.05, 4.69) is 37.4 Å². The summed E-state index contributed by atoms with van der Waals surface area (Å²) in [5.41, 5.74) is 5.69. The van der Waals surface area contributed by atoms with Gasteiger partial charge >= 0.3 is 6.09 Å². The monoisotopic (exact) mass is 353 g/mol. The van der Waals surface area contributed by atoms with Crippen LogP contribution in [0.15, 0.2) is 36.4 Å². The first-order valence-electron chi connectivity index (χ1n) is 9.26. The number of rotatable bonds is 5. The number of amides is 1. The number of benzene rings is 1. The average molecular weight is 353 g/mol. The van der Waals surface area contributed by atoms with Gasteiger partial charge in [-0.3, -0.25) is 0 Å². The van der Waals surface area contributed by atoms with Crippen molar-refractivity contribution >= 4 is 6.09 Å². The normalized spacial score (nSPS) is 18.9. The Hall–Kier alpha value is -2.56. The van der Waals surface area contributed by atoms with Crippen molar-refractivity contribution in [2.45, 2.75) is 52.6 Å². The minimum atomic E-state index is -0.341. The number of para-hydroxylation sites is 1. The van der Waals surface area contributed by atoms with Gasteiger partial charge in [-0.2, -0.15) is 5.10 Å². The third kappa shape index (κ3) is 3.66. The molecule has 0 bridgehead atoms. The number of carbonyl (C=O) groups is 1. The average Bonchev–Trinajstić information content (AvgIpc) is 3.17. The Bertz CT molecular complexity index is 823. The quantitative estimate of drug-likeness (QED) is 0.813. The van der Waals surface area contributed by atoms with E-state index in [1.807, 2.05) is 36.7 Å². The predicted molar refractivity (Wildman–Crippen MR) is 103 cm³/mol. The first-order valence-corrected chi connectivity index (χ1v) is 9.26. The van der Waals surface area contributed by atoms with Crippen LogP contribution in [-0.4, -0.2) is 28.5 Å². The number of carbonyl (C=O) groups excluding carboxylic acids is 1. The number of aromatic nitrogens is 2. The second kappa shape index (κ2) is 7.77. The van der Waals surface area contributed by atoms with Crippen molar-refractivity contribution in [3.8, 4) is 5.69 Å². The highest BCUT2D eigenvalue weighted by molar-refractivity contribution is 5.67. The van der Waals surface area contributed by atoms with E-state index >= 15 is 0 Å². The van der Waals surface area contributed by atoms with Crippen LogP contribution in [0.2, 0.25) is 0 Å². The minimum absolute atomic E-state index is 0.183. The topological polar surface area (TPSA) is 56.1 Å². The van der Waals surface area contributed by atoms with Crippen molar-refractivity contribution in [3.63, 3.8) is 0 Å². The van der Waals surface area contributed by atoms with E-state index in [-0.39, 0.29) is 18.1 Å². The summed E-state index contributed by atoms with van der Waals surface area (Å²) in [6.07, 6.45) is 5.26. The molecule has 0 aliphatic heterocycles. The zero-order chi connectivity index (χ0) is 18.7. The summed E-state index contributed by atoms with van der Waals surface area (Å²) in [7, 11) is 0. The lowest BCUT2D eigenvalue weighted by Gasteiger charge is -2.15. The summed E-state index contributed by atoms with van der Waals surface area (Å²) in [5.74, 6) is 0.219. The summed E-state index contributed by atoms with van der Waals surface area (Å²) < 4.78 is 7.52. The molecule has 1 aromatic carbocycles. The molecule has 0 fully saturated rings. The molecule has 5 nitrogen and oxygen atoms in total. The Morgan fingerprint density at radius 2 is 2.04 bits per heavy atom. The van der Waals surface area contributed by atoms with Crippen LogP contribution in [0.5, 0.6) is 0 Å². The molecule has 5 heteroatoms. The van der Waals surface area contributed by atoms with Crippen molar-refractivity contribution in [2.24, 2.45) is 0 Å². The predicted octanol–water partition coefficient (Wildman–Crippen LogP) is 4.35. The molecule has 26 heavy (non-hydrogen) atoms. The zero-order valence-corrected chi connectivity index (χ0v) is 16.0. The molecule has 1 N–H and O–H groups in total. The van der Waals surface area contributed by atoms with Crippen LogP contribution >= 0.6 is 0 Å². The summed E-state index contributed by atoms with van der Waals surface area (Å²) in [4.78, 5) is 11.8. The van der Waals surface area contributed by atoms with Gasteiger partial charge in [-0.15, -0.1) is 0 Å². The van der Waals surface area contributed by atoms with E-state index in [0.29, 0.717) is 6.54 Å². The van der Waals surface area contributed by atoms with Gasteiger partial charge in [-0.1, -0.05) is 31.2 Å². The van der Waals surface area contributed by atoms with Crippen LogP contribution in [0.1, 0.15) is 48.2 Å². The fraction of sp³-hybridized carbons (Fsp3) is 0.429. The molecule has 1 aliphatic rings. The summed E-state index contributed by atoms with van der Waals surface area (Å²) in [6.45, 7) is 8.91. The van der Waals surface area contributed by atoms with Gasteiger partial charge in [0.1, 0.15) is 6.10 Å². The van der Waals surface area contributed by atoms with Gasteiger partial charge in [0.2, 0.25) is 0 Å². The molecule has 1 heterocycles. The van der Waals surface area contributed by atoms with E-state index in [1.165, 1.54) is 11.1 Å². The van der Waals surface area contributed by atoms with E-state index in [4.69, 9.17) is 9.84 Å². The van der Waals surface area contributed by atoms with Gasteiger partial charge in [0.05, 0.1) is 11.4 Å². The van der Waals surface area contributed by atoms with E-state index in [0.717, 1.165) is 29.9 Å². The van der Waals surface area contributed by atoms with Crippen molar-refractivity contribution in [1.29, 1.82) is 0 Å². The molecule has 1 amide bonds. The summed E-state index contributed by atoms with van der Waals surface area (Å²) in [5, 5.41) is 7.53. The van der Waals surface area contributed by atoms with E-state index in [1.54, 1.807) is 0 Å². The molecule has 3 rings (SSSR count). The van der Waals surface area contributed by atoms with Crippen LogP contribution in [0.3, 0.4) is 0 Å². The van der Waals surface area contributed by atoms with Crippen molar-refractivity contribution < 1.29 is 9.53 Å². The number of nitrogens with zero attached hydrogens (tertiary/aromatic N) is 2. The first kappa shape index (κ1) is 18.2. The van der Waals surface area contributed by atoms with E-state index in [9.17, 15) is 4.79 Å². The summed E-state index contributed by atoms with van der Waals surface area (Å²) >= 11 is 0. The second-order valence-electron chi connectivity index (χ2n) is 6.88. The molecule has 0 saturated heterocycles. The van der Waals surface area contributed by atoms with Crippen molar-refractivity contribution in [3.05, 3.63) is 58.9 Å². The Labute approximate surface area is 155 Å². The largest absolute Gasteiger partial charge is 0.442 e. The highest BCUT2D eigenvalue weighted by Gasteiger charge is 2.28. The molecule has 1 aliphatic carbocycles. The highest BCUT2D eigenvalue weighted by atomic mass is 16.6. The third-order valence-corrected chi connectivity index (χ3v) is 4.88. The zero-order valence-electron chi connectivity index (χ0n) is 16.0. The van der Waals surface area contributed by atoms with Gasteiger partial charge in [-0.05, 0) is 51.3 Å². The molecule has 1 aromatic heterocycles. The SMILES string of the molecule is CCCNC(=O)O[C@H]1C=C[C@H](c2c(C)nn(-c3ccccc3C)c2C)C1. The molecular weight excluding hydrogens is 326 g/mol. The molecule has 2 aromatic rings. The molecule has 0 radical (unpaired) electrons. The highest BCUT2D eigenvalue weighted by Crippen LogP contribution is 2.35. The molecule has 0 saturated carbocycles. The number of ether oxygens (including phenoxy) is 1. The van der Waals surface area contributed by atoms with E-state index < -0.39 is 0 Å². The van der Waals surface area contributed by atoms with Gasteiger partial charge in [-0.25, -0.2) is 9.48 Å². The lowest BCUT2D eigenvalue weighted by molar-refractivity contribution is 0.118. The maximum atomic E-state index is 11.8. The Balaban J connectivity index is 1.76. The Morgan fingerprint density at radius 3 is 2.77 bits per heavy atom. The fourth-order valence-electron chi connectivity index (χ4n) is 3.60. The molecule has 0 spiro atoms. The molecule has 0 unspecified atom stereocenters. The fourth-order valence-corrected chi connectivity index (χ4v) is 3.60. The van der Waals surface area contributed by atoms with Gasteiger partial charge in [0.15, 0.2) is 0 Å². The van der Waals surface area contributed by atoms with Gasteiger partial charge in [0.25, 0.3) is 0 Å². The molecule has 138 valence electrons. The molecular formula is C21H27N3O2. The third-order valence-electron chi connectivity index (χ3n) is 4.88. The van der Waals surface area contributed by atoms with Crippen molar-refractivity contribution in [2.75, 3.05) is 6.54 Å². The number of aryl methyl sites for hydroxylation is 2. The lowest BCUT2D eigenvalue weighted by Crippen LogP contribution is -2.28. The van der Waals surface area contributed by atoms with Gasteiger partial charge in [0, 0.05) is 23.7 Å². The second-order valence-corrected chi connectivity index (χ2v) is 6.88. The Morgan fingerprint density at radius 1 is 1.27 bits per heavy atom. The maximum Gasteiger partial charge on any atom is 0.407 e. The maximum absolute atomic E-state index is 11.8. The number of hydrogen-bond acceptors (Lipinski definition) is 3. The Kier molecular flexibility index (Phi) is 5.45. The lowest BCUT2D eigenvalue weighted by atomic mass is 9.96. The van der Waals surface area contributed by atoms with Crippen LogP contribution in [0.4, 0.5) is 4.79 Å². The van der Waals surface area contributed by atoms with Crippen LogP contribution in [0.25, 0.3) is 5.69 Å². The number of nitrogens with one attached hydrogen (secondary N) is 1.